The quantitative estimate of drug-likeness (QED) is 0.423. The highest BCUT2D eigenvalue weighted by molar-refractivity contribution is 9.10. The number of halogens is 2. The Labute approximate surface area is 179 Å². The molecular weight excluding hydrogens is 468 g/mol. The minimum atomic E-state index is -0.141. The number of benzene rings is 2. The molecule has 0 aliphatic rings. The average Bonchev–Trinajstić information content (AvgIpc) is 3.11. The lowest BCUT2D eigenvalue weighted by Gasteiger charge is -2.06. The Hall–Kier alpha value is -1.61. The second kappa shape index (κ2) is 10.1. The maximum atomic E-state index is 12.1. The van der Waals surface area contributed by atoms with Crippen molar-refractivity contribution >= 4 is 67.4 Å². The van der Waals surface area contributed by atoms with Crippen LogP contribution in [0, 0.1) is 0 Å². The van der Waals surface area contributed by atoms with Crippen LogP contribution in [0.4, 0.5) is 10.8 Å². The SMILES string of the molecule is O=C(CSc1nnc(NCCc2ccccc2)s1)Nc1ccc(Br)cc1Cl. The predicted octanol–water partition coefficient (Wildman–Crippen LogP) is 5.34. The molecule has 9 heteroatoms. The first-order valence-corrected chi connectivity index (χ1v) is 11.1. The monoisotopic (exact) mass is 482 g/mol. The van der Waals surface area contributed by atoms with Gasteiger partial charge >= 0.3 is 0 Å². The third kappa shape index (κ3) is 6.49. The van der Waals surface area contributed by atoms with Crippen LogP contribution in [0.3, 0.4) is 0 Å². The highest BCUT2D eigenvalue weighted by atomic mass is 79.9. The number of anilines is 2. The number of nitrogens with zero attached hydrogens (tertiary/aromatic N) is 2. The molecule has 1 heterocycles. The lowest BCUT2D eigenvalue weighted by Crippen LogP contribution is -2.14. The Morgan fingerprint density at radius 3 is 2.78 bits per heavy atom. The topological polar surface area (TPSA) is 66.9 Å². The van der Waals surface area contributed by atoms with Crippen molar-refractivity contribution in [2.75, 3.05) is 22.9 Å². The van der Waals surface area contributed by atoms with Crippen molar-refractivity contribution in [1.29, 1.82) is 0 Å². The fourth-order valence-corrected chi connectivity index (χ4v) is 4.50. The van der Waals surface area contributed by atoms with Crippen molar-refractivity contribution in [2.45, 2.75) is 10.8 Å². The molecular formula is C18H16BrClN4OS2. The standard InChI is InChI=1S/C18H16BrClN4OS2/c19-13-6-7-15(14(20)10-13)22-16(25)11-26-18-24-23-17(27-18)21-9-8-12-4-2-1-3-5-12/h1-7,10H,8-9,11H2,(H,21,23)(H,22,25). The summed E-state index contributed by atoms with van der Waals surface area (Å²) >= 11 is 12.2. The fourth-order valence-electron chi connectivity index (χ4n) is 2.20. The van der Waals surface area contributed by atoms with E-state index in [1.165, 1.54) is 28.7 Å². The van der Waals surface area contributed by atoms with Gasteiger partial charge in [-0.15, -0.1) is 10.2 Å². The van der Waals surface area contributed by atoms with Crippen molar-refractivity contribution in [2.24, 2.45) is 0 Å². The van der Waals surface area contributed by atoms with Crippen molar-refractivity contribution in [1.82, 2.24) is 10.2 Å². The van der Waals surface area contributed by atoms with Crippen molar-refractivity contribution in [3.63, 3.8) is 0 Å². The lowest BCUT2D eigenvalue weighted by molar-refractivity contribution is -0.113. The molecule has 3 aromatic rings. The highest BCUT2D eigenvalue weighted by Gasteiger charge is 2.10. The lowest BCUT2D eigenvalue weighted by atomic mass is 10.2. The summed E-state index contributed by atoms with van der Waals surface area (Å²) in [6.07, 6.45) is 0.916. The summed E-state index contributed by atoms with van der Waals surface area (Å²) in [4.78, 5) is 12.1. The van der Waals surface area contributed by atoms with E-state index in [0.717, 1.165) is 26.9 Å². The molecule has 1 aromatic heterocycles. The number of nitrogens with one attached hydrogen (secondary N) is 2. The van der Waals surface area contributed by atoms with E-state index in [2.05, 4.69) is 48.9 Å². The van der Waals surface area contributed by atoms with E-state index in [-0.39, 0.29) is 11.7 Å². The molecule has 2 aromatic carbocycles. The number of hydrogen-bond donors (Lipinski definition) is 2. The molecule has 0 saturated heterocycles. The van der Waals surface area contributed by atoms with Crippen LogP contribution in [0.25, 0.3) is 0 Å². The second-order valence-corrected chi connectivity index (χ2v) is 9.02. The zero-order chi connectivity index (χ0) is 19.1. The van der Waals surface area contributed by atoms with E-state index < -0.39 is 0 Å². The van der Waals surface area contributed by atoms with E-state index >= 15 is 0 Å². The molecule has 3 rings (SSSR count). The number of amides is 1. The van der Waals surface area contributed by atoms with Gasteiger partial charge in [-0.25, -0.2) is 0 Å². The number of carbonyl (C=O) groups is 1. The molecule has 0 saturated carbocycles. The Morgan fingerprint density at radius 1 is 1.19 bits per heavy atom. The first kappa shape index (κ1) is 20.1. The Balaban J connectivity index is 1.43. The minimum Gasteiger partial charge on any atom is -0.360 e. The first-order valence-electron chi connectivity index (χ1n) is 8.09. The van der Waals surface area contributed by atoms with Crippen LogP contribution in [0.2, 0.25) is 5.02 Å². The van der Waals surface area contributed by atoms with Crippen LogP contribution in [-0.4, -0.2) is 28.4 Å². The van der Waals surface area contributed by atoms with Crippen LogP contribution >= 0.6 is 50.6 Å². The van der Waals surface area contributed by atoms with Gasteiger partial charge in [0.2, 0.25) is 11.0 Å². The summed E-state index contributed by atoms with van der Waals surface area (Å²) in [6.45, 7) is 0.784. The normalized spacial score (nSPS) is 10.6. The molecule has 0 aliphatic carbocycles. The van der Waals surface area contributed by atoms with E-state index in [0.29, 0.717) is 10.7 Å². The molecule has 27 heavy (non-hydrogen) atoms. The van der Waals surface area contributed by atoms with Gasteiger partial charge in [-0.2, -0.15) is 0 Å². The molecule has 0 radical (unpaired) electrons. The summed E-state index contributed by atoms with van der Waals surface area (Å²) in [7, 11) is 0. The molecule has 1 amide bonds. The summed E-state index contributed by atoms with van der Waals surface area (Å²) in [5, 5.41) is 15.5. The predicted molar refractivity (Wildman–Crippen MR) is 117 cm³/mol. The van der Waals surface area contributed by atoms with Crippen LogP contribution in [0.15, 0.2) is 57.3 Å². The molecule has 5 nitrogen and oxygen atoms in total. The summed E-state index contributed by atoms with van der Waals surface area (Å²) < 4.78 is 1.61. The highest BCUT2D eigenvalue weighted by Crippen LogP contribution is 2.28. The molecule has 140 valence electrons. The van der Waals surface area contributed by atoms with Crippen LogP contribution in [-0.2, 0) is 11.2 Å². The first-order chi connectivity index (χ1) is 13.1. The van der Waals surface area contributed by atoms with Gasteiger partial charge in [0.15, 0.2) is 4.34 Å². The van der Waals surface area contributed by atoms with Crippen LogP contribution in [0.1, 0.15) is 5.56 Å². The van der Waals surface area contributed by atoms with Gasteiger partial charge in [0.25, 0.3) is 0 Å². The van der Waals surface area contributed by atoms with Crippen molar-refractivity contribution < 1.29 is 4.79 Å². The zero-order valence-corrected chi connectivity index (χ0v) is 18.1. The van der Waals surface area contributed by atoms with E-state index in [4.69, 9.17) is 11.6 Å². The Bertz CT molecular complexity index is 907. The molecule has 0 spiro atoms. The van der Waals surface area contributed by atoms with Crippen molar-refractivity contribution in [3.8, 4) is 0 Å². The fraction of sp³-hybridized carbons (Fsp3) is 0.167. The average molecular weight is 484 g/mol. The number of rotatable bonds is 8. The number of hydrogen-bond acceptors (Lipinski definition) is 6. The second-order valence-electron chi connectivity index (χ2n) is 5.50. The number of carbonyl (C=O) groups excluding carboxylic acids is 1. The van der Waals surface area contributed by atoms with Gasteiger partial charge in [0.05, 0.1) is 16.5 Å². The maximum absolute atomic E-state index is 12.1. The van der Waals surface area contributed by atoms with Crippen molar-refractivity contribution in [3.05, 3.63) is 63.6 Å². The smallest absolute Gasteiger partial charge is 0.234 e. The van der Waals surface area contributed by atoms with Gasteiger partial charge in [-0.3, -0.25) is 4.79 Å². The third-order valence-electron chi connectivity index (χ3n) is 3.47. The molecule has 0 aliphatic heterocycles. The van der Waals surface area contributed by atoms with E-state index in [1.54, 1.807) is 12.1 Å². The maximum Gasteiger partial charge on any atom is 0.234 e. The molecule has 0 unspecified atom stereocenters. The van der Waals surface area contributed by atoms with E-state index in [9.17, 15) is 4.79 Å². The molecule has 0 bridgehead atoms. The van der Waals surface area contributed by atoms with Gasteiger partial charge in [-0.1, -0.05) is 81.0 Å². The summed E-state index contributed by atoms with van der Waals surface area (Å²) in [5.74, 6) is 0.100. The Morgan fingerprint density at radius 2 is 2.00 bits per heavy atom. The van der Waals surface area contributed by atoms with Gasteiger partial charge in [0, 0.05) is 11.0 Å². The van der Waals surface area contributed by atoms with Gasteiger partial charge in [-0.05, 0) is 30.2 Å². The summed E-state index contributed by atoms with van der Waals surface area (Å²) in [5.41, 5.74) is 1.86. The molecule has 0 atom stereocenters. The van der Waals surface area contributed by atoms with Crippen LogP contribution < -0.4 is 10.6 Å². The molecule has 0 fully saturated rings. The van der Waals surface area contributed by atoms with Gasteiger partial charge in [0.1, 0.15) is 0 Å². The zero-order valence-electron chi connectivity index (χ0n) is 14.1. The third-order valence-corrected chi connectivity index (χ3v) is 6.29. The Kier molecular flexibility index (Phi) is 7.51. The molecule has 2 N–H and O–H groups in total. The van der Waals surface area contributed by atoms with Crippen LogP contribution in [0.5, 0.6) is 0 Å². The van der Waals surface area contributed by atoms with Gasteiger partial charge < -0.3 is 10.6 Å². The number of thioether (sulfide) groups is 1. The largest absolute Gasteiger partial charge is 0.360 e. The minimum absolute atomic E-state index is 0.141. The number of aromatic nitrogens is 2. The van der Waals surface area contributed by atoms with E-state index in [1.807, 2.05) is 24.3 Å². The summed E-state index contributed by atoms with van der Waals surface area (Å²) in [6, 6.07) is 15.6.